The first-order valence-corrected chi connectivity index (χ1v) is 5.86. The molecule has 1 N–H and O–H groups in total. The van der Waals surface area contributed by atoms with E-state index in [0.29, 0.717) is 0 Å². The summed E-state index contributed by atoms with van der Waals surface area (Å²) in [6, 6.07) is 0. The molecular weight excluding hydrogens is 172 g/mol. The average Bonchev–Trinajstić information content (AvgIpc) is 2.63. The molecule has 0 bridgehead atoms. The lowest BCUT2D eigenvalue weighted by Gasteiger charge is -2.14. The number of hydrogen-bond donors (Lipinski definition) is 1. The van der Waals surface area contributed by atoms with Crippen LogP contribution in [0.15, 0.2) is 12.2 Å². The summed E-state index contributed by atoms with van der Waals surface area (Å²) in [5, 5.41) is 3.45. The van der Waals surface area contributed by atoms with Crippen molar-refractivity contribution in [3.63, 3.8) is 0 Å². The maximum atomic E-state index is 3.89. The molecule has 1 rings (SSSR count). The maximum absolute atomic E-state index is 3.89. The molecule has 82 valence electrons. The van der Waals surface area contributed by atoms with Crippen LogP contribution < -0.4 is 5.32 Å². The first-order valence-electron chi connectivity index (χ1n) is 5.86. The molecule has 0 amide bonds. The molecule has 0 aliphatic carbocycles. The monoisotopic (exact) mass is 196 g/mol. The summed E-state index contributed by atoms with van der Waals surface area (Å²) in [5.74, 6) is 0. The maximum Gasteiger partial charge on any atom is -0.000664 e. The molecule has 0 aromatic heterocycles. The number of hydrogen-bond acceptors (Lipinski definition) is 2. The molecule has 1 fully saturated rings. The second-order valence-corrected chi connectivity index (χ2v) is 4.36. The van der Waals surface area contributed by atoms with Gasteiger partial charge in [0.1, 0.15) is 0 Å². The predicted molar refractivity (Wildman–Crippen MR) is 62.6 cm³/mol. The van der Waals surface area contributed by atoms with Crippen molar-refractivity contribution in [2.75, 3.05) is 32.7 Å². The van der Waals surface area contributed by atoms with E-state index in [-0.39, 0.29) is 0 Å². The lowest BCUT2D eigenvalue weighted by atomic mass is 10.2. The zero-order valence-corrected chi connectivity index (χ0v) is 9.52. The van der Waals surface area contributed by atoms with Crippen LogP contribution in [0.1, 0.15) is 32.6 Å². The van der Waals surface area contributed by atoms with Crippen LogP contribution >= 0.6 is 0 Å². The van der Waals surface area contributed by atoms with Crippen LogP contribution in [-0.2, 0) is 0 Å². The smallest absolute Gasteiger partial charge is 0.000664 e. The Labute approximate surface area is 88.4 Å². The Morgan fingerprint density at radius 3 is 2.64 bits per heavy atom. The van der Waals surface area contributed by atoms with Crippen LogP contribution in [-0.4, -0.2) is 37.6 Å². The van der Waals surface area contributed by atoms with Crippen molar-refractivity contribution in [3.8, 4) is 0 Å². The van der Waals surface area contributed by atoms with Crippen molar-refractivity contribution in [1.82, 2.24) is 10.2 Å². The van der Waals surface area contributed by atoms with E-state index in [4.69, 9.17) is 0 Å². The topological polar surface area (TPSA) is 15.3 Å². The number of nitrogens with one attached hydrogen (secondary N) is 1. The van der Waals surface area contributed by atoms with Crippen molar-refractivity contribution < 1.29 is 0 Å². The minimum Gasteiger partial charge on any atom is -0.316 e. The molecule has 1 heterocycles. The van der Waals surface area contributed by atoms with Crippen molar-refractivity contribution in [1.29, 1.82) is 0 Å². The highest BCUT2D eigenvalue weighted by atomic mass is 15.1. The second kappa shape index (κ2) is 7.02. The molecule has 2 nitrogen and oxygen atoms in total. The van der Waals surface area contributed by atoms with Crippen molar-refractivity contribution >= 4 is 0 Å². The van der Waals surface area contributed by atoms with Gasteiger partial charge in [0, 0.05) is 0 Å². The van der Waals surface area contributed by atoms with E-state index in [1.165, 1.54) is 44.5 Å². The van der Waals surface area contributed by atoms with Gasteiger partial charge < -0.3 is 10.2 Å². The summed E-state index contributed by atoms with van der Waals surface area (Å²) >= 11 is 0. The first-order chi connectivity index (χ1) is 6.79. The van der Waals surface area contributed by atoms with Crippen LogP contribution in [0.4, 0.5) is 0 Å². The summed E-state index contributed by atoms with van der Waals surface area (Å²) in [6.07, 6.45) is 5.21. The van der Waals surface area contributed by atoms with E-state index in [1.54, 1.807) is 0 Å². The molecule has 0 saturated carbocycles. The quantitative estimate of drug-likeness (QED) is 0.495. The summed E-state index contributed by atoms with van der Waals surface area (Å²) in [6.45, 7) is 12.2. The van der Waals surface area contributed by atoms with Gasteiger partial charge in [0.15, 0.2) is 0 Å². The van der Waals surface area contributed by atoms with Crippen LogP contribution in [0.5, 0.6) is 0 Å². The zero-order valence-electron chi connectivity index (χ0n) is 9.52. The molecule has 0 aromatic carbocycles. The zero-order chi connectivity index (χ0) is 10.2. The third-order valence-corrected chi connectivity index (χ3v) is 2.76. The van der Waals surface area contributed by atoms with E-state index in [0.717, 1.165) is 19.5 Å². The highest BCUT2D eigenvalue weighted by molar-refractivity contribution is 4.88. The normalized spacial score (nSPS) is 17.5. The highest BCUT2D eigenvalue weighted by Gasteiger charge is 2.09. The lowest BCUT2D eigenvalue weighted by molar-refractivity contribution is 0.331. The minimum absolute atomic E-state index is 1.09. The van der Waals surface area contributed by atoms with E-state index >= 15 is 0 Å². The third kappa shape index (κ3) is 5.40. The number of nitrogens with zero attached hydrogens (tertiary/aromatic N) is 1. The van der Waals surface area contributed by atoms with Crippen molar-refractivity contribution in [3.05, 3.63) is 12.2 Å². The minimum atomic E-state index is 1.09. The largest absolute Gasteiger partial charge is 0.316 e. The van der Waals surface area contributed by atoms with Crippen molar-refractivity contribution in [2.45, 2.75) is 32.6 Å². The molecule has 0 spiro atoms. The van der Waals surface area contributed by atoms with E-state index in [2.05, 4.69) is 23.7 Å². The van der Waals surface area contributed by atoms with Gasteiger partial charge in [0.05, 0.1) is 0 Å². The van der Waals surface area contributed by atoms with Gasteiger partial charge in [0.25, 0.3) is 0 Å². The standard InChI is InChI=1S/C12H24N2/c1-12(2)6-8-13-7-5-11-14-9-3-4-10-14/h13H,1,3-11H2,2H3. The van der Waals surface area contributed by atoms with Gasteiger partial charge in [-0.1, -0.05) is 5.57 Å². The van der Waals surface area contributed by atoms with Gasteiger partial charge in [-0.25, -0.2) is 0 Å². The molecule has 0 aromatic rings. The molecule has 0 atom stereocenters. The number of likely N-dealkylation sites (tertiary alicyclic amines) is 1. The summed E-state index contributed by atoms with van der Waals surface area (Å²) in [4.78, 5) is 2.57. The first kappa shape index (κ1) is 11.7. The Morgan fingerprint density at radius 2 is 2.00 bits per heavy atom. The van der Waals surface area contributed by atoms with Crippen LogP contribution in [0.25, 0.3) is 0 Å². The van der Waals surface area contributed by atoms with E-state index in [9.17, 15) is 0 Å². The molecule has 1 aliphatic heterocycles. The summed E-state index contributed by atoms with van der Waals surface area (Å²) < 4.78 is 0. The van der Waals surface area contributed by atoms with Crippen molar-refractivity contribution in [2.24, 2.45) is 0 Å². The van der Waals surface area contributed by atoms with Gasteiger partial charge in [-0.2, -0.15) is 0 Å². The van der Waals surface area contributed by atoms with Crippen LogP contribution in [0.2, 0.25) is 0 Å². The van der Waals surface area contributed by atoms with Gasteiger partial charge in [0.2, 0.25) is 0 Å². The molecule has 14 heavy (non-hydrogen) atoms. The Bertz CT molecular complexity index is 160. The predicted octanol–water partition coefficient (Wildman–Crippen LogP) is 2.03. The Morgan fingerprint density at radius 1 is 1.29 bits per heavy atom. The van der Waals surface area contributed by atoms with Crippen LogP contribution in [0.3, 0.4) is 0 Å². The Balaban J connectivity index is 1.82. The van der Waals surface area contributed by atoms with Crippen LogP contribution in [0, 0.1) is 0 Å². The third-order valence-electron chi connectivity index (χ3n) is 2.76. The average molecular weight is 196 g/mol. The summed E-state index contributed by atoms with van der Waals surface area (Å²) in [5.41, 5.74) is 1.28. The Kier molecular flexibility index (Phi) is 5.88. The van der Waals surface area contributed by atoms with Gasteiger partial charge in [-0.3, -0.25) is 0 Å². The van der Waals surface area contributed by atoms with E-state index in [1.807, 2.05) is 0 Å². The molecule has 1 aliphatic rings. The molecule has 2 heteroatoms. The molecule has 1 saturated heterocycles. The fraction of sp³-hybridized carbons (Fsp3) is 0.833. The Hall–Kier alpha value is -0.340. The van der Waals surface area contributed by atoms with Gasteiger partial charge in [-0.15, -0.1) is 6.58 Å². The highest BCUT2D eigenvalue weighted by Crippen LogP contribution is 2.06. The van der Waals surface area contributed by atoms with E-state index < -0.39 is 0 Å². The lowest BCUT2D eigenvalue weighted by Crippen LogP contribution is -2.25. The van der Waals surface area contributed by atoms with Gasteiger partial charge >= 0.3 is 0 Å². The second-order valence-electron chi connectivity index (χ2n) is 4.36. The molecule has 0 radical (unpaired) electrons. The summed E-state index contributed by atoms with van der Waals surface area (Å²) in [7, 11) is 0. The molecular formula is C12H24N2. The SMILES string of the molecule is C=C(C)CCNCCCN1CCCC1. The fourth-order valence-corrected chi connectivity index (χ4v) is 1.86. The molecule has 0 unspecified atom stereocenters. The fourth-order valence-electron chi connectivity index (χ4n) is 1.86. The van der Waals surface area contributed by atoms with Gasteiger partial charge in [-0.05, 0) is 65.3 Å². The number of rotatable bonds is 7.